The highest BCUT2D eigenvalue weighted by Crippen LogP contribution is 2.26. The number of ketones is 1. The lowest BCUT2D eigenvalue weighted by atomic mass is 10.1. The van der Waals surface area contributed by atoms with Crippen LogP contribution < -0.4 is 10.3 Å². The summed E-state index contributed by atoms with van der Waals surface area (Å²) in [6.07, 6.45) is 1.97. The van der Waals surface area contributed by atoms with Crippen LogP contribution >= 0.6 is 0 Å². The Morgan fingerprint density at radius 1 is 1.07 bits per heavy atom. The Morgan fingerprint density at radius 3 is 2.46 bits per heavy atom. The number of aromatic amines is 1. The van der Waals surface area contributed by atoms with Gasteiger partial charge in [-0.05, 0) is 42.8 Å². The van der Waals surface area contributed by atoms with Gasteiger partial charge in [0.15, 0.2) is 5.78 Å². The van der Waals surface area contributed by atoms with Crippen molar-refractivity contribution in [3.05, 3.63) is 66.9 Å². The minimum Gasteiger partial charge on any atom is -0.321 e. The van der Waals surface area contributed by atoms with Crippen molar-refractivity contribution >= 4 is 28.8 Å². The summed E-state index contributed by atoms with van der Waals surface area (Å²) in [7, 11) is 0. The average molecular weight is 373 g/mol. The lowest BCUT2D eigenvalue weighted by molar-refractivity contribution is -0.118. The minimum absolute atomic E-state index is 0.0284. The molecule has 0 saturated carbocycles. The van der Waals surface area contributed by atoms with Gasteiger partial charge in [-0.1, -0.05) is 30.3 Å². The van der Waals surface area contributed by atoms with Gasteiger partial charge in [-0.25, -0.2) is 0 Å². The largest absolute Gasteiger partial charge is 0.321 e. The molecule has 1 aliphatic rings. The molecular formula is C21H19N5O2. The van der Waals surface area contributed by atoms with E-state index in [0.29, 0.717) is 11.4 Å². The van der Waals surface area contributed by atoms with Crippen molar-refractivity contribution in [2.45, 2.75) is 19.4 Å². The van der Waals surface area contributed by atoms with Crippen molar-refractivity contribution < 1.29 is 9.59 Å². The molecule has 1 atom stereocenters. The lowest BCUT2D eigenvalue weighted by Crippen LogP contribution is -2.33. The molecule has 2 heterocycles. The van der Waals surface area contributed by atoms with Gasteiger partial charge >= 0.3 is 0 Å². The molecule has 4 rings (SSSR count). The molecule has 1 aromatic heterocycles. The molecule has 1 aliphatic heterocycles. The first kappa shape index (κ1) is 17.7. The molecule has 7 heteroatoms. The van der Waals surface area contributed by atoms with E-state index in [1.165, 1.54) is 6.92 Å². The van der Waals surface area contributed by atoms with E-state index < -0.39 is 6.04 Å². The molecule has 28 heavy (non-hydrogen) atoms. The number of carbonyl (C=O) groups excluding carboxylic acids is 2. The van der Waals surface area contributed by atoms with Crippen LogP contribution in [0.3, 0.4) is 0 Å². The molecule has 140 valence electrons. The fourth-order valence-corrected chi connectivity index (χ4v) is 3.14. The average Bonchev–Trinajstić information content (AvgIpc) is 3.39. The van der Waals surface area contributed by atoms with Crippen LogP contribution in [0.15, 0.2) is 72.0 Å². The van der Waals surface area contributed by atoms with Gasteiger partial charge in [-0.15, -0.1) is 0 Å². The Morgan fingerprint density at radius 2 is 1.82 bits per heavy atom. The molecule has 0 fully saturated rings. The number of para-hydroxylation sites is 1. The number of Topliss-reactive ketones (excluding diaryl/α,β-unsaturated/α-hetero) is 1. The molecule has 2 aromatic carbocycles. The highest BCUT2D eigenvalue weighted by atomic mass is 16.2. The summed E-state index contributed by atoms with van der Waals surface area (Å²) in [5.74, 6) is -0.335. The molecule has 0 unspecified atom stereocenters. The SMILES string of the molecule is CC(=O)[C@H]1CC(C(=O)Nc2ccc(-c3ccn[nH]3)cc2)=NN1c1ccccc1. The number of anilines is 2. The van der Waals surface area contributed by atoms with Gasteiger partial charge in [0, 0.05) is 18.3 Å². The smallest absolute Gasteiger partial charge is 0.271 e. The van der Waals surface area contributed by atoms with E-state index in [2.05, 4.69) is 20.6 Å². The van der Waals surface area contributed by atoms with Crippen LogP contribution in [0.5, 0.6) is 0 Å². The van der Waals surface area contributed by atoms with E-state index in [4.69, 9.17) is 0 Å². The highest BCUT2D eigenvalue weighted by Gasteiger charge is 2.34. The topological polar surface area (TPSA) is 90.4 Å². The molecule has 7 nitrogen and oxygen atoms in total. The number of nitrogens with one attached hydrogen (secondary N) is 2. The maximum absolute atomic E-state index is 12.7. The van der Waals surface area contributed by atoms with Crippen LogP contribution in [0.4, 0.5) is 11.4 Å². The number of H-pyrrole nitrogens is 1. The first-order valence-electron chi connectivity index (χ1n) is 8.95. The van der Waals surface area contributed by atoms with Crippen molar-refractivity contribution in [3.8, 4) is 11.3 Å². The molecule has 3 aromatic rings. The molecule has 0 spiro atoms. The van der Waals surface area contributed by atoms with Gasteiger partial charge < -0.3 is 5.32 Å². The fourth-order valence-electron chi connectivity index (χ4n) is 3.14. The van der Waals surface area contributed by atoms with Gasteiger partial charge in [0.1, 0.15) is 11.8 Å². The third kappa shape index (κ3) is 3.55. The van der Waals surface area contributed by atoms with Crippen molar-refractivity contribution in [1.82, 2.24) is 10.2 Å². The maximum atomic E-state index is 12.7. The Hall–Kier alpha value is -3.74. The number of hydrazone groups is 1. The van der Waals surface area contributed by atoms with Crippen LogP contribution in [0.1, 0.15) is 13.3 Å². The van der Waals surface area contributed by atoms with Crippen LogP contribution in [-0.4, -0.2) is 33.6 Å². The number of amides is 1. The standard InChI is InChI=1S/C21H19N5O2/c1-14(27)20-13-19(25-26(20)17-5-3-2-4-6-17)21(28)23-16-9-7-15(8-10-16)18-11-12-22-24-18/h2-12,20H,13H2,1H3,(H,22,24)(H,23,28)/t20-/m1/s1. The minimum atomic E-state index is -0.467. The second-order valence-corrected chi connectivity index (χ2v) is 6.56. The van der Waals surface area contributed by atoms with E-state index in [9.17, 15) is 9.59 Å². The van der Waals surface area contributed by atoms with E-state index >= 15 is 0 Å². The quantitative estimate of drug-likeness (QED) is 0.718. The molecule has 0 saturated heterocycles. The third-order valence-corrected chi connectivity index (χ3v) is 4.62. The number of carbonyl (C=O) groups is 2. The summed E-state index contributed by atoms with van der Waals surface area (Å²) < 4.78 is 0. The van der Waals surface area contributed by atoms with Gasteiger partial charge in [-0.3, -0.25) is 19.7 Å². The molecule has 2 N–H and O–H groups in total. The summed E-state index contributed by atoms with van der Waals surface area (Å²) in [6, 6.07) is 18.2. The first-order valence-corrected chi connectivity index (χ1v) is 8.95. The number of hydrogen-bond acceptors (Lipinski definition) is 5. The van der Waals surface area contributed by atoms with Crippen molar-refractivity contribution in [1.29, 1.82) is 0 Å². The van der Waals surface area contributed by atoms with Crippen molar-refractivity contribution in [2.24, 2.45) is 5.10 Å². The second kappa shape index (κ2) is 7.48. The molecular weight excluding hydrogens is 354 g/mol. The van der Waals surface area contributed by atoms with E-state index in [-0.39, 0.29) is 18.1 Å². The number of benzene rings is 2. The van der Waals surface area contributed by atoms with Crippen LogP contribution in [0, 0.1) is 0 Å². The summed E-state index contributed by atoms with van der Waals surface area (Å²) in [4.78, 5) is 24.7. The zero-order valence-electron chi connectivity index (χ0n) is 15.3. The van der Waals surface area contributed by atoms with E-state index in [0.717, 1.165) is 16.9 Å². The van der Waals surface area contributed by atoms with Crippen LogP contribution in [0.25, 0.3) is 11.3 Å². The molecule has 0 bridgehead atoms. The van der Waals surface area contributed by atoms with Gasteiger partial charge in [0.2, 0.25) is 0 Å². The molecule has 0 aliphatic carbocycles. The zero-order chi connectivity index (χ0) is 19.5. The van der Waals surface area contributed by atoms with Crippen molar-refractivity contribution in [2.75, 3.05) is 10.3 Å². The van der Waals surface area contributed by atoms with Crippen LogP contribution in [-0.2, 0) is 9.59 Å². The second-order valence-electron chi connectivity index (χ2n) is 6.56. The Balaban J connectivity index is 1.50. The first-order chi connectivity index (χ1) is 13.6. The molecule has 0 radical (unpaired) electrons. The summed E-state index contributed by atoms with van der Waals surface area (Å²) in [6.45, 7) is 1.52. The maximum Gasteiger partial charge on any atom is 0.271 e. The van der Waals surface area contributed by atoms with Crippen molar-refractivity contribution in [3.63, 3.8) is 0 Å². The van der Waals surface area contributed by atoms with Crippen LogP contribution in [0.2, 0.25) is 0 Å². The number of aromatic nitrogens is 2. The Kier molecular flexibility index (Phi) is 4.72. The van der Waals surface area contributed by atoms with E-state index in [1.807, 2.05) is 60.7 Å². The number of rotatable bonds is 5. The third-order valence-electron chi connectivity index (χ3n) is 4.62. The summed E-state index contributed by atoms with van der Waals surface area (Å²) in [5, 5.41) is 15.7. The normalized spacial score (nSPS) is 16.0. The van der Waals surface area contributed by atoms with E-state index in [1.54, 1.807) is 11.2 Å². The Labute approximate surface area is 162 Å². The van der Waals surface area contributed by atoms with Gasteiger partial charge in [-0.2, -0.15) is 10.2 Å². The Bertz CT molecular complexity index is 1010. The number of hydrogen-bond donors (Lipinski definition) is 2. The fraction of sp³-hybridized carbons (Fsp3) is 0.143. The molecule has 1 amide bonds. The monoisotopic (exact) mass is 373 g/mol. The van der Waals surface area contributed by atoms with Gasteiger partial charge in [0.05, 0.1) is 11.4 Å². The number of nitrogens with zero attached hydrogens (tertiary/aromatic N) is 3. The summed E-state index contributed by atoms with van der Waals surface area (Å²) in [5.41, 5.74) is 3.66. The highest BCUT2D eigenvalue weighted by molar-refractivity contribution is 6.44. The zero-order valence-corrected chi connectivity index (χ0v) is 15.3. The lowest BCUT2D eigenvalue weighted by Gasteiger charge is -2.20. The predicted octanol–water partition coefficient (Wildman–Crippen LogP) is 3.24. The van der Waals surface area contributed by atoms with Gasteiger partial charge in [0.25, 0.3) is 5.91 Å². The summed E-state index contributed by atoms with van der Waals surface area (Å²) >= 11 is 0. The predicted molar refractivity (Wildman–Crippen MR) is 108 cm³/mol.